The second kappa shape index (κ2) is 9.93. The van der Waals surface area contributed by atoms with Gasteiger partial charge >= 0.3 is 6.03 Å². The largest absolute Gasteiger partial charge is 0.347 e. The Morgan fingerprint density at radius 3 is 2.84 bits per heavy atom. The summed E-state index contributed by atoms with van der Waals surface area (Å²) in [5.74, 6) is 0.0542. The summed E-state index contributed by atoms with van der Waals surface area (Å²) < 4.78 is 0. The van der Waals surface area contributed by atoms with Gasteiger partial charge in [-0.3, -0.25) is 19.5 Å². The number of aryl methyl sites for hydroxylation is 1. The van der Waals surface area contributed by atoms with Crippen molar-refractivity contribution in [1.82, 2.24) is 20.2 Å². The third kappa shape index (κ3) is 4.69. The highest BCUT2D eigenvalue weighted by atomic mass is 32.1. The van der Waals surface area contributed by atoms with E-state index in [0.29, 0.717) is 45.8 Å². The van der Waals surface area contributed by atoms with Crippen molar-refractivity contribution in [2.75, 3.05) is 23.3 Å². The van der Waals surface area contributed by atoms with Crippen LogP contribution in [0.25, 0.3) is 10.2 Å². The first-order valence-electron chi connectivity index (χ1n) is 12.5. The lowest BCUT2D eigenvalue weighted by Crippen LogP contribution is -2.49. The molecule has 10 heteroatoms. The van der Waals surface area contributed by atoms with Crippen LogP contribution in [0.4, 0.5) is 21.9 Å². The SMILES string of the molecule is C=CC(=O)N1CCC[C@@H](NC(=O)c2sc3nccc4c3c2NC(=O)N4c2ccc(CC(C)C)nc2C)C1. The Balaban J connectivity index is 1.46. The topological polar surface area (TPSA) is 108 Å². The Morgan fingerprint density at radius 1 is 1.30 bits per heavy atom. The molecule has 5 rings (SSSR count). The normalized spacial score (nSPS) is 17.2. The molecule has 37 heavy (non-hydrogen) atoms. The van der Waals surface area contributed by atoms with Crippen molar-refractivity contribution >= 4 is 56.5 Å². The number of amides is 4. The Labute approximate surface area is 219 Å². The van der Waals surface area contributed by atoms with Gasteiger partial charge < -0.3 is 15.5 Å². The first-order valence-corrected chi connectivity index (χ1v) is 13.3. The Kier molecular flexibility index (Phi) is 6.68. The van der Waals surface area contributed by atoms with Gasteiger partial charge in [0, 0.05) is 31.0 Å². The highest BCUT2D eigenvalue weighted by Gasteiger charge is 2.34. The van der Waals surface area contributed by atoms with Crippen LogP contribution in [-0.4, -0.2) is 51.8 Å². The van der Waals surface area contributed by atoms with Crippen molar-refractivity contribution in [3.8, 4) is 0 Å². The second-order valence-corrected chi connectivity index (χ2v) is 10.9. The van der Waals surface area contributed by atoms with E-state index in [9.17, 15) is 14.4 Å². The van der Waals surface area contributed by atoms with Crippen LogP contribution in [0.1, 0.15) is 47.7 Å². The van der Waals surface area contributed by atoms with Crippen molar-refractivity contribution < 1.29 is 14.4 Å². The molecule has 1 saturated heterocycles. The molecule has 9 nitrogen and oxygen atoms in total. The molecule has 2 aliphatic rings. The van der Waals surface area contributed by atoms with Gasteiger partial charge in [-0.15, -0.1) is 11.3 Å². The number of nitrogens with one attached hydrogen (secondary N) is 2. The molecule has 3 aromatic heterocycles. The quantitative estimate of drug-likeness (QED) is 0.456. The number of aromatic nitrogens is 2. The number of carbonyl (C=O) groups is 3. The van der Waals surface area contributed by atoms with Gasteiger partial charge in [0.05, 0.1) is 28.1 Å². The second-order valence-electron chi connectivity index (χ2n) is 9.89. The first kappa shape index (κ1) is 24.9. The highest BCUT2D eigenvalue weighted by molar-refractivity contribution is 7.21. The molecule has 3 aromatic rings. The zero-order valence-electron chi connectivity index (χ0n) is 21.2. The van der Waals surface area contributed by atoms with E-state index < -0.39 is 0 Å². The van der Waals surface area contributed by atoms with E-state index >= 15 is 0 Å². The fraction of sp³-hybridized carbons (Fsp3) is 0.370. The van der Waals surface area contributed by atoms with E-state index in [1.165, 1.54) is 17.4 Å². The lowest BCUT2D eigenvalue weighted by molar-refractivity contribution is -0.127. The van der Waals surface area contributed by atoms with Gasteiger partial charge in [0.1, 0.15) is 9.71 Å². The van der Waals surface area contributed by atoms with E-state index in [0.717, 1.165) is 36.0 Å². The van der Waals surface area contributed by atoms with Gasteiger partial charge in [0.25, 0.3) is 5.91 Å². The maximum Gasteiger partial charge on any atom is 0.331 e. The number of thiophene rings is 1. The predicted octanol–water partition coefficient (Wildman–Crippen LogP) is 4.79. The third-order valence-electron chi connectivity index (χ3n) is 6.67. The van der Waals surface area contributed by atoms with Gasteiger partial charge in [-0.2, -0.15) is 0 Å². The predicted molar refractivity (Wildman–Crippen MR) is 146 cm³/mol. The fourth-order valence-electron chi connectivity index (χ4n) is 5.03. The van der Waals surface area contributed by atoms with E-state index in [-0.39, 0.29) is 23.9 Å². The molecular weight excluding hydrogens is 488 g/mol. The minimum Gasteiger partial charge on any atom is -0.347 e. The molecule has 0 saturated carbocycles. The Bertz CT molecular complexity index is 1410. The van der Waals surface area contributed by atoms with Crippen molar-refractivity contribution in [2.24, 2.45) is 5.92 Å². The average Bonchev–Trinajstić information content (AvgIpc) is 3.24. The molecule has 0 aromatic carbocycles. The summed E-state index contributed by atoms with van der Waals surface area (Å²) in [4.78, 5) is 52.4. The first-order chi connectivity index (χ1) is 17.8. The Morgan fingerprint density at radius 2 is 2.11 bits per heavy atom. The molecule has 0 spiro atoms. The van der Waals surface area contributed by atoms with Gasteiger partial charge in [-0.05, 0) is 56.4 Å². The third-order valence-corrected chi connectivity index (χ3v) is 7.77. The number of piperidine rings is 1. The van der Waals surface area contributed by atoms with E-state index in [1.807, 2.05) is 19.1 Å². The van der Waals surface area contributed by atoms with Gasteiger partial charge in [-0.25, -0.2) is 9.78 Å². The maximum absolute atomic E-state index is 13.4. The monoisotopic (exact) mass is 518 g/mol. The van der Waals surface area contributed by atoms with Crippen molar-refractivity contribution in [3.05, 3.63) is 53.3 Å². The molecule has 192 valence electrons. The summed E-state index contributed by atoms with van der Waals surface area (Å²) in [5, 5.41) is 6.72. The van der Waals surface area contributed by atoms with Crippen LogP contribution in [0.5, 0.6) is 0 Å². The van der Waals surface area contributed by atoms with Crippen LogP contribution in [0.2, 0.25) is 0 Å². The summed E-state index contributed by atoms with van der Waals surface area (Å²) >= 11 is 1.25. The average molecular weight is 519 g/mol. The molecule has 1 atom stereocenters. The van der Waals surface area contributed by atoms with Crippen molar-refractivity contribution in [2.45, 2.75) is 46.1 Å². The van der Waals surface area contributed by atoms with Crippen molar-refractivity contribution in [3.63, 3.8) is 0 Å². The number of urea groups is 1. The summed E-state index contributed by atoms with van der Waals surface area (Å²) in [7, 11) is 0. The molecule has 4 amide bonds. The number of likely N-dealkylation sites (tertiary alicyclic amines) is 1. The van der Waals surface area contributed by atoms with Gasteiger partial charge in [0.2, 0.25) is 5.91 Å². The van der Waals surface area contributed by atoms with E-state index in [4.69, 9.17) is 4.98 Å². The summed E-state index contributed by atoms with van der Waals surface area (Å²) in [6.07, 6.45) is 5.38. The van der Waals surface area contributed by atoms with Crippen LogP contribution in [0.15, 0.2) is 37.1 Å². The van der Waals surface area contributed by atoms with Crippen LogP contribution < -0.4 is 15.5 Å². The van der Waals surface area contributed by atoms with E-state index in [1.54, 1.807) is 22.1 Å². The molecular formula is C27H30N6O3S. The smallest absolute Gasteiger partial charge is 0.331 e. The number of pyridine rings is 2. The molecule has 1 fully saturated rings. The molecule has 0 aliphatic carbocycles. The summed E-state index contributed by atoms with van der Waals surface area (Å²) in [5.41, 5.74) is 3.57. The molecule has 2 aliphatic heterocycles. The molecule has 5 heterocycles. The number of hydrogen-bond acceptors (Lipinski definition) is 6. The lowest BCUT2D eigenvalue weighted by Gasteiger charge is -2.32. The number of rotatable bonds is 6. The van der Waals surface area contributed by atoms with Gasteiger partial charge in [0.15, 0.2) is 0 Å². The zero-order valence-corrected chi connectivity index (χ0v) is 22.0. The number of carbonyl (C=O) groups excluding carboxylic acids is 3. The maximum atomic E-state index is 13.4. The lowest BCUT2D eigenvalue weighted by atomic mass is 10.1. The Hall–Kier alpha value is -3.79. The van der Waals surface area contributed by atoms with Crippen LogP contribution in [-0.2, 0) is 11.2 Å². The van der Waals surface area contributed by atoms with Crippen LogP contribution >= 0.6 is 11.3 Å². The zero-order chi connectivity index (χ0) is 26.3. The minimum atomic E-state index is -0.352. The molecule has 0 unspecified atom stereocenters. The van der Waals surface area contributed by atoms with Crippen LogP contribution in [0, 0.1) is 12.8 Å². The van der Waals surface area contributed by atoms with Crippen LogP contribution in [0.3, 0.4) is 0 Å². The number of nitrogens with zero attached hydrogens (tertiary/aromatic N) is 4. The van der Waals surface area contributed by atoms with Gasteiger partial charge in [-0.1, -0.05) is 20.4 Å². The highest BCUT2D eigenvalue weighted by Crippen LogP contribution is 2.46. The van der Waals surface area contributed by atoms with E-state index in [2.05, 4.69) is 36.0 Å². The standard InChI is InChI=1S/C27H30N6O3S/c1-5-21(34)32-12-6-7-18(14-32)30-25(35)24-23-22-20(10-11-28-26(22)37-24)33(27(36)31-23)19-9-8-17(13-15(2)3)29-16(19)4/h5,8-11,15,18H,1,6-7,12-14H2,2-4H3,(H,30,35)(H,31,36)/t18-/m1/s1. The fourth-order valence-corrected chi connectivity index (χ4v) is 6.06. The minimum absolute atomic E-state index is 0.140. The molecule has 0 bridgehead atoms. The molecule has 2 N–H and O–H groups in total. The molecule has 0 radical (unpaired) electrons. The van der Waals surface area contributed by atoms with Crippen molar-refractivity contribution in [1.29, 1.82) is 0 Å². The number of hydrogen-bond donors (Lipinski definition) is 2. The summed E-state index contributed by atoms with van der Waals surface area (Å²) in [6.45, 7) is 10.8. The summed E-state index contributed by atoms with van der Waals surface area (Å²) in [6, 6.07) is 5.15. The number of anilines is 3.